The van der Waals surface area contributed by atoms with Crippen molar-refractivity contribution in [3.05, 3.63) is 23.8 Å². The molecule has 1 aliphatic heterocycles. The lowest BCUT2D eigenvalue weighted by Crippen LogP contribution is -2.52. The van der Waals surface area contributed by atoms with E-state index in [1.165, 1.54) is 19.2 Å². The lowest BCUT2D eigenvalue weighted by atomic mass is 10.1. The fourth-order valence-electron chi connectivity index (χ4n) is 2.10. The van der Waals surface area contributed by atoms with Crippen molar-refractivity contribution in [2.75, 3.05) is 11.4 Å². The highest BCUT2D eigenvalue weighted by molar-refractivity contribution is 7.91. The van der Waals surface area contributed by atoms with Crippen LogP contribution in [-0.2, 0) is 10.2 Å². The summed E-state index contributed by atoms with van der Waals surface area (Å²) >= 11 is 0. The summed E-state index contributed by atoms with van der Waals surface area (Å²) in [5, 5.41) is 9.18. The summed E-state index contributed by atoms with van der Waals surface area (Å²) in [6.07, 6.45) is 1.60. The maximum atomic E-state index is 12.4. The molecule has 0 fully saturated rings. The number of ether oxygens (including phenoxy) is 1. The fourth-order valence-corrected chi connectivity index (χ4v) is 3.64. The van der Waals surface area contributed by atoms with Gasteiger partial charge in [-0.3, -0.25) is 4.79 Å². The van der Waals surface area contributed by atoms with Crippen molar-refractivity contribution >= 4 is 21.8 Å². The van der Waals surface area contributed by atoms with Gasteiger partial charge >= 0.3 is 10.2 Å². The Morgan fingerprint density at radius 1 is 1.35 bits per heavy atom. The predicted octanol–water partition coefficient (Wildman–Crippen LogP) is 1.09. The van der Waals surface area contributed by atoms with Crippen LogP contribution in [0.25, 0.3) is 0 Å². The van der Waals surface area contributed by atoms with Gasteiger partial charge in [-0.1, -0.05) is 6.07 Å². The van der Waals surface area contributed by atoms with Crippen molar-refractivity contribution in [1.29, 1.82) is 5.26 Å². The first-order valence-electron chi connectivity index (χ1n) is 5.82. The fraction of sp³-hybridized carbons (Fsp3) is 0.333. The molecule has 1 aliphatic rings. The summed E-state index contributed by atoms with van der Waals surface area (Å²) in [6.45, 7) is 3.13. The van der Waals surface area contributed by atoms with E-state index in [4.69, 9.17) is 4.74 Å². The minimum absolute atomic E-state index is 0.0422. The lowest BCUT2D eigenvalue weighted by Gasteiger charge is -2.35. The molecule has 1 amide bonds. The van der Waals surface area contributed by atoms with Gasteiger partial charge in [0.05, 0.1) is 12.7 Å². The third kappa shape index (κ3) is 1.78. The minimum atomic E-state index is -4.23. The van der Waals surface area contributed by atoms with E-state index in [2.05, 4.69) is 0 Å². The van der Waals surface area contributed by atoms with Gasteiger partial charge in [0.1, 0.15) is 11.4 Å². The minimum Gasteiger partial charge on any atom is -0.494 e. The van der Waals surface area contributed by atoms with Crippen LogP contribution < -0.4 is 9.04 Å². The van der Waals surface area contributed by atoms with Crippen LogP contribution in [0.1, 0.15) is 24.2 Å². The van der Waals surface area contributed by atoms with Crippen LogP contribution in [0.15, 0.2) is 18.2 Å². The zero-order valence-electron chi connectivity index (χ0n) is 11.2. The van der Waals surface area contributed by atoms with Crippen molar-refractivity contribution in [3.63, 3.8) is 0 Å². The van der Waals surface area contributed by atoms with E-state index in [1.54, 1.807) is 26.1 Å². The van der Waals surface area contributed by atoms with E-state index >= 15 is 0 Å². The van der Waals surface area contributed by atoms with Gasteiger partial charge in [0.2, 0.25) is 6.19 Å². The van der Waals surface area contributed by atoms with Crippen LogP contribution in [0.2, 0.25) is 0 Å². The number of benzene rings is 1. The number of para-hydroxylation sites is 1. The van der Waals surface area contributed by atoms with Crippen LogP contribution in [0.3, 0.4) is 0 Å². The van der Waals surface area contributed by atoms with Gasteiger partial charge in [0, 0.05) is 6.04 Å². The first-order chi connectivity index (χ1) is 9.36. The number of methoxy groups -OCH3 is 1. The summed E-state index contributed by atoms with van der Waals surface area (Å²) in [5.74, 6) is -0.509. The van der Waals surface area contributed by atoms with Gasteiger partial charge in [0.25, 0.3) is 5.91 Å². The maximum absolute atomic E-state index is 12.4. The average molecular weight is 295 g/mol. The molecule has 20 heavy (non-hydrogen) atoms. The highest BCUT2D eigenvalue weighted by Gasteiger charge is 2.45. The third-order valence-electron chi connectivity index (χ3n) is 2.89. The Labute approximate surface area is 117 Å². The number of anilines is 1. The second-order valence-corrected chi connectivity index (χ2v) is 6.08. The van der Waals surface area contributed by atoms with Gasteiger partial charge in [-0.05, 0) is 26.0 Å². The quantitative estimate of drug-likeness (QED) is 0.762. The summed E-state index contributed by atoms with van der Waals surface area (Å²) in [6, 6.07) is 3.94. The Hall–Kier alpha value is -2.27. The van der Waals surface area contributed by atoms with Crippen LogP contribution in [0.4, 0.5) is 5.69 Å². The van der Waals surface area contributed by atoms with Crippen molar-refractivity contribution in [2.45, 2.75) is 19.9 Å². The van der Waals surface area contributed by atoms with Gasteiger partial charge in [-0.2, -0.15) is 18.0 Å². The molecule has 0 saturated heterocycles. The molecule has 0 N–H and O–H groups in total. The first kappa shape index (κ1) is 14.1. The Balaban J connectivity index is 2.83. The molecule has 0 unspecified atom stereocenters. The predicted molar refractivity (Wildman–Crippen MR) is 71.3 cm³/mol. The molecule has 0 spiro atoms. The van der Waals surface area contributed by atoms with Gasteiger partial charge in [-0.25, -0.2) is 4.31 Å². The topological polar surface area (TPSA) is 90.7 Å². The maximum Gasteiger partial charge on any atom is 0.342 e. The van der Waals surface area contributed by atoms with Crippen molar-refractivity contribution < 1.29 is 17.9 Å². The number of carbonyl (C=O) groups is 1. The molecule has 0 atom stereocenters. The molecule has 106 valence electrons. The van der Waals surface area contributed by atoms with Crippen molar-refractivity contribution in [1.82, 2.24) is 4.31 Å². The van der Waals surface area contributed by atoms with Gasteiger partial charge < -0.3 is 4.74 Å². The molecular formula is C12H13N3O4S. The Morgan fingerprint density at radius 2 is 2.00 bits per heavy atom. The monoisotopic (exact) mass is 295 g/mol. The molecule has 1 aromatic rings. The van der Waals surface area contributed by atoms with E-state index in [1.807, 2.05) is 0 Å². The summed E-state index contributed by atoms with van der Waals surface area (Å²) < 4.78 is 31.0. The molecule has 0 bridgehead atoms. The Kier molecular flexibility index (Phi) is 3.31. The van der Waals surface area contributed by atoms with Crippen LogP contribution in [0, 0.1) is 11.5 Å². The molecule has 1 aromatic carbocycles. The largest absolute Gasteiger partial charge is 0.494 e. The number of nitrogens with zero attached hydrogens (tertiary/aromatic N) is 3. The molecule has 1 heterocycles. The van der Waals surface area contributed by atoms with Crippen molar-refractivity contribution in [2.24, 2.45) is 0 Å². The number of amides is 1. The smallest absolute Gasteiger partial charge is 0.342 e. The van der Waals surface area contributed by atoms with Crippen molar-refractivity contribution in [3.8, 4) is 11.9 Å². The normalized spacial score (nSPS) is 16.9. The first-order valence-corrected chi connectivity index (χ1v) is 7.21. The summed E-state index contributed by atoms with van der Waals surface area (Å²) in [4.78, 5) is 12.4. The van der Waals surface area contributed by atoms with Crippen LogP contribution in [0.5, 0.6) is 5.75 Å². The standard InChI is InChI=1S/C12H13N3O4S/c1-8(2)15-12(16)9-5-4-6-10(19-3)11(9)14(7-13)20(15,17)18/h4-6,8H,1-3H3. The molecule has 0 aromatic heterocycles. The zero-order valence-corrected chi connectivity index (χ0v) is 12.0. The summed E-state index contributed by atoms with van der Waals surface area (Å²) in [5.41, 5.74) is 0.0776. The molecular weight excluding hydrogens is 282 g/mol. The van der Waals surface area contributed by atoms with E-state index in [-0.39, 0.29) is 17.0 Å². The van der Waals surface area contributed by atoms with Crippen LogP contribution >= 0.6 is 0 Å². The highest BCUT2D eigenvalue weighted by Crippen LogP contribution is 2.39. The molecule has 7 nitrogen and oxygen atoms in total. The number of nitriles is 1. The van der Waals surface area contributed by atoms with Gasteiger partial charge in [-0.15, -0.1) is 0 Å². The SMILES string of the molecule is COc1cccc2c1N(C#N)S(=O)(=O)N(C(C)C)C2=O. The number of hydrogen-bond donors (Lipinski definition) is 0. The third-order valence-corrected chi connectivity index (χ3v) is 4.70. The highest BCUT2D eigenvalue weighted by atomic mass is 32.2. The van der Waals surface area contributed by atoms with Crippen LogP contribution in [-0.4, -0.2) is 31.8 Å². The number of fused-ring (bicyclic) bond motifs is 1. The molecule has 8 heteroatoms. The molecule has 0 saturated carbocycles. The van der Waals surface area contributed by atoms with Gasteiger partial charge in [0.15, 0.2) is 0 Å². The van der Waals surface area contributed by atoms with E-state index in [0.29, 0.717) is 8.61 Å². The second-order valence-electron chi connectivity index (χ2n) is 4.42. The zero-order chi connectivity index (χ0) is 15.1. The summed E-state index contributed by atoms with van der Waals surface area (Å²) in [7, 11) is -2.89. The Bertz CT molecular complexity index is 706. The van der Waals surface area contributed by atoms with E-state index < -0.39 is 22.2 Å². The van der Waals surface area contributed by atoms with E-state index in [9.17, 15) is 18.5 Å². The number of hydrogen-bond acceptors (Lipinski definition) is 5. The molecule has 2 rings (SSSR count). The van der Waals surface area contributed by atoms with E-state index in [0.717, 1.165) is 0 Å². The Morgan fingerprint density at radius 3 is 2.50 bits per heavy atom. The number of rotatable bonds is 2. The lowest BCUT2D eigenvalue weighted by molar-refractivity contribution is 0.0832. The molecule has 0 aliphatic carbocycles. The number of carbonyl (C=O) groups excluding carboxylic acids is 1. The second kappa shape index (κ2) is 4.68. The average Bonchev–Trinajstić information content (AvgIpc) is 2.37. The molecule has 0 radical (unpaired) electrons.